The summed E-state index contributed by atoms with van der Waals surface area (Å²) in [5, 5.41) is 7.90. The van der Waals surface area contributed by atoms with Crippen molar-refractivity contribution in [2.45, 2.75) is 19.5 Å². The molecular weight excluding hydrogens is 308 g/mol. The van der Waals surface area contributed by atoms with Crippen LogP contribution in [-0.2, 0) is 16.1 Å². The van der Waals surface area contributed by atoms with Crippen LogP contribution in [0, 0.1) is 6.92 Å². The van der Waals surface area contributed by atoms with Crippen molar-refractivity contribution < 1.29 is 13.9 Å². The van der Waals surface area contributed by atoms with Crippen molar-refractivity contribution in [1.82, 2.24) is 20.0 Å². The number of rotatable bonds is 5. The minimum absolute atomic E-state index is 0.0394. The standard InChI is InChI=1S/C17H22N4O3/c1-13-18-19-17(24-13)15-12-23-9-8-21(15)16(22)11-20(2)10-14-6-4-3-5-7-14/h3-7,15H,8-12H2,1-2H3/t15-/m1/s1. The molecule has 128 valence electrons. The zero-order valence-electron chi connectivity index (χ0n) is 14.0. The number of aryl methyl sites for hydroxylation is 1. The second-order valence-electron chi connectivity index (χ2n) is 6.00. The maximum absolute atomic E-state index is 12.7. The molecule has 3 rings (SSSR count). The highest BCUT2D eigenvalue weighted by Crippen LogP contribution is 2.23. The van der Waals surface area contributed by atoms with Crippen LogP contribution < -0.4 is 0 Å². The van der Waals surface area contributed by atoms with E-state index in [1.54, 1.807) is 11.8 Å². The third-order valence-electron chi connectivity index (χ3n) is 3.98. The van der Waals surface area contributed by atoms with E-state index in [4.69, 9.17) is 9.15 Å². The molecular formula is C17H22N4O3. The summed E-state index contributed by atoms with van der Waals surface area (Å²) >= 11 is 0. The van der Waals surface area contributed by atoms with Gasteiger partial charge in [0.25, 0.3) is 0 Å². The predicted molar refractivity (Wildman–Crippen MR) is 87.1 cm³/mol. The van der Waals surface area contributed by atoms with Crippen molar-refractivity contribution in [2.24, 2.45) is 0 Å². The van der Waals surface area contributed by atoms with Crippen molar-refractivity contribution in [2.75, 3.05) is 33.4 Å². The highest BCUT2D eigenvalue weighted by atomic mass is 16.5. The van der Waals surface area contributed by atoms with Gasteiger partial charge in [-0.15, -0.1) is 10.2 Å². The topological polar surface area (TPSA) is 71.7 Å². The van der Waals surface area contributed by atoms with Crippen molar-refractivity contribution in [1.29, 1.82) is 0 Å². The Labute approximate surface area is 141 Å². The average Bonchev–Trinajstić information content (AvgIpc) is 3.02. The number of likely N-dealkylation sites (N-methyl/N-ethyl adjacent to an activating group) is 1. The molecule has 1 aromatic heterocycles. The largest absolute Gasteiger partial charge is 0.423 e. The van der Waals surface area contributed by atoms with Crippen LogP contribution in [0.4, 0.5) is 0 Å². The van der Waals surface area contributed by atoms with Gasteiger partial charge in [0.2, 0.25) is 17.7 Å². The van der Waals surface area contributed by atoms with Crippen molar-refractivity contribution >= 4 is 5.91 Å². The van der Waals surface area contributed by atoms with Gasteiger partial charge < -0.3 is 14.1 Å². The molecule has 7 heteroatoms. The zero-order chi connectivity index (χ0) is 16.9. The second-order valence-corrected chi connectivity index (χ2v) is 6.00. The minimum Gasteiger partial charge on any atom is -0.423 e. The highest BCUT2D eigenvalue weighted by molar-refractivity contribution is 5.78. The van der Waals surface area contributed by atoms with Gasteiger partial charge in [0.1, 0.15) is 6.04 Å². The summed E-state index contributed by atoms with van der Waals surface area (Å²) in [7, 11) is 1.94. The molecule has 0 N–H and O–H groups in total. The molecule has 0 spiro atoms. The first-order valence-corrected chi connectivity index (χ1v) is 8.03. The first-order valence-electron chi connectivity index (χ1n) is 8.03. The number of hydrogen-bond acceptors (Lipinski definition) is 6. The predicted octanol–water partition coefficient (Wildman–Crippen LogP) is 1.41. The van der Waals surface area contributed by atoms with E-state index in [0.717, 1.165) is 6.54 Å². The van der Waals surface area contributed by atoms with Crippen molar-refractivity contribution in [3.63, 3.8) is 0 Å². The summed E-state index contributed by atoms with van der Waals surface area (Å²) in [6.45, 7) is 4.23. The Hall–Kier alpha value is -2.25. The summed E-state index contributed by atoms with van der Waals surface area (Å²) < 4.78 is 11.0. The van der Waals surface area contributed by atoms with E-state index >= 15 is 0 Å². The second kappa shape index (κ2) is 7.55. The fourth-order valence-electron chi connectivity index (χ4n) is 2.83. The third kappa shape index (κ3) is 3.98. The summed E-state index contributed by atoms with van der Waals surface area (Å²) in [5.74, 6) is 0.966. The molecule has 0 saturated carbocycles. The molecule has 1 atom stereocenters. The molecule has 1 fully saturated rings. The van der Waals surface area contributed by atoms with Crippen LogP contribution in [-0.4, -0.2) is 59.3 Å². The van der Waals surface area contributed by atoms with Crippen LogP contribution in [0.25, 0.3) is 0 Å². The van der Waals surface area contributed by atoms with Gasteiger partial charge in [0, 0.05) is 20.0 Å². The molecule has 0 radical (unpaired) electrons. The van der Waals surface area contributed by atoms with Crippen LogP contribution >= 0.6 is 0 Å². The first-order chi connectivity index (χ1) is 11.6. The Morgan fingerprint density at radius 2 is 2.12 bits per heavy atom. The lowest BCUT2D eigenvalue weighted by Gasteiger charge is -2.34. The lowest BCUT2D eigenvalue weighted by Crippen LogP contribution is -2.47. The first kappa shape index (κ1) is 16.6. The van der Waals surface area contributed by atoms with E-state index in [0.29, 0.717) is 38.1 Å². The Kier molecular flexibility index (Phi) is 5.22. The Morgan fingerprint density at radius 3 is 2.83 bits per heavy atom. The van der Waals surface area contributed by atoms with Gasteiger partial charge in [-0.05, 0) is 12.6 Å². The maximum atomic E-state index is 12.7. The monoisotopic (exact) mass is 330 g/mol. The number of morpholine rings is 1. The lowest BCUT2D eigenvalue weighted by atomic mass is 10.2. The van der Waals surface area contributed by atoms with Gasteiger partial charge in [0.15, 0.2) is 0 Å². The quantitative estimate of drug-likeness (QED) is 0.825. The number of benzene rings is 1. The van der Waals surface area contributed by atoms with Crippen molar-refractivity contribution in [3.8, 4) is 0 Å². The van der Waals surface area contributed by atoms with Crippen molar-refractivity contribution in [3.05, 3.63) is 47.7 Å². The fraction of sp³-hybridized carbons (Fsp3) is 0.471. The van der Waals surface area contributed by atoms with Gasteiger partial charge in [-0.1, -0.05) is 30.3 Å². The third-order valence-corrected chi connectivity index (χ3v) is 3.98. The number of hydrogen-bond donors (Lipinski definition) is 0. The minimum atomic E-state index is -0.308. The number of aromatic nitrogens is 2. The summed E-state index contributed by atoms with van der Waals surface area (Å²) in [4.78, 5) is 16.5. The zero-order valence-corrected chi connectivity index (χ0v) is 14.0. The lowest BCUT2D eigenvalue weighted by molar-refractivity contribution is -0.142. The summed E-state index contributed by atoms with van der Waals surface area (Å²) in [6.07, 6.45) is 0. The van der Waals surface area contributed by atoms with Gasteiger partial charge in [0.05, 0.1) is 19.8 Å². The fourth-order valence-corrected chi connectivity index (χ4v) is 2.83. The molecule has 1 saturated heterocycles. The molecule has 24 heavy (non-hydrogen) atoms. The molecule has 0 bridgehead atoms. The normalized spacial score (nSPS) is 18.1. The highest BCUT2D eigenvalue weighted by Gasteiger charge is 2.32. The molecule has 0 unspecified atom stereocenters. The molecule has 2 aromatic rings. The van der Waals surface area contributed by atoms with Gasteiger partial charge in [-0.2, -0.15) is 0 Å². The van der Waals surface area contributed by atoms with Crippen LogP contribution in [0.5, 0.6) is 0 Å². The average molecular weight is 330 g/mol. The SMILES string of the molecule is Cc1nnc([C@H]2COCCN2C(=O)CN(C)Cc2ccccc2)o1. The van der Waals surface area contributed by atoms with E-state index in [-0.39, 0.29) is 11.9 Å². The smallest absolute Gasteiger partial charge is 0.241 e. The van der Waals surface area contributed by atoms with Gasteiger partial charge >= 0.3 is 0 Å². The number of nitrogens with zero attached hydrogens (tertiary/aromatic N) is 4. The number of ether oxygens (including phenoxy) is 1. The number of carbonyl (C=O) groups is 1. The Morgan fingerprint density at radius 1 is 1.33 bits per heavy atom. The van der Waals surface area contributed by atoms with E-state index in [1.807, 2.05) is 30.1 Å². The summed E-state index contributed by atoms with van der Waals surface area (Å²) in [6, 6.07) is 9.79. The molecule has 1 aliphatic heterocycles. The summed E-state index contributed by atoms with van der Waals surface area (Å²) in [5.41, 5.74) is 1.18. The molecule has 7 nitrogen and oxygen atoms in total. The molecule has 2 heterocycles. The molecule has 1 amide bonds. The van der Waals surface area contributed by atoms with Gasteiger partial charge in [-0.25, -0.2) is 0 Å². The van der Waals surface area contributed by atoms with Gasteiger partial charge in [-0.3, -0.25) is 9.69 Å². The van der Waals surface area contributed by atoms with Crippen LogP contribution in [0.1, 0.15) is 23.4 Å². The number of carbonyl (C=O) groups excluding carboxylic acids is 1. The van der Waals surface area contributed by atoms with Crippen LogP contribution in [0.15, 0.2) is 34.7 Å². The maximum Gasteiger partial charge on any atom is 0.241 e. The van der Waals surface area contributed by atoms with E-state index < -0.39 is 0 Å². The molecule has 1 aromatic carbocycles. The van der Waals surface area contributed by atoms with E-state index in [9.17, 15) is 4.79 Å². The Balaban J connectivity index is 1.63. The molecule has 0 aliphatic carbocycles. The van der Waals surface area contributed by atoms with E-state index in [1.165, 1.54) is 5.56 Å². The van der Waals surface area contributed by atoms with E-state index in [2.05, 4.69) is 22.3 Å². The van der Waals surface area contributed by atoms with Crippen LogP contribution in [0.3, 0.4) is 0 Å². The molecule has 1 aliphatic rings. The number of amides is 1. The van der Waals surface area contributed by atoms with Crippen LogP contribution in [0.2, 0.25) is 0 Å². The Bertz CT molecular complexity index is 673.